The molecule has 3 aliphatic rings. The number of rotatable bonds is 2. The molecule has 0 radical (unpaired) electrons. The van der Waals surface area contributed by atoms with E-state index in [0.717, 1.165) is 48.3 Å². The van der Waals surface area contributed by atoms with E-state index in [1.807, 2.05) is 0 Å². The van der Waals surface area contributed by atoms with E-state index in [1.54, 1.807) is 0 Å². The molecule has 0 aromatic heterocycles. The predicted octanol–water partition coefficient (Wildman–Crippen LogP) is 3.11. The molecular formula is C14H18N2. The molecule has 0 aliphatic heterocycles. The van der Waals surface area contributed by atoms with Gasteiger partial charge < -0.3 is 0 Å². The normalized spacial score (nSPS) is 48.6. The van der Waals surface area contributed by atoms with Crippen molar-refractivity contribution < 1.29 is 0 Å². The summed E-state index contributed by atoms with van der Waals surface area (Å²) in [5.74, 6) is 4.93. The second-order valence-electron chi connectivity index (χ2n) is 5.86. The summed E-state index contributed by atoms with van der Waals surface area (Å²) in [6.45, 7) is 0. The van der Waals surface area contributed by atoms with Gasteiger partial charge in [-0.1, -0.05) is 0 Å². The summed E-state index contributed by atoms with van der Waals surface area (Å²) >= 11 is 0. The zero-order valence-corrected chi connectivity index (χ0v) is 9.60. The summed E-state index contributed by atoms with van der Waals surface area (Å²) in [6, 6.07) is 4.67. The molecule has 2 unspecified atom stereocenters. The van der Waals surface area contributed by atoms with Gasteiger partial charge in [0.05, 0.1) is 12.1 Å². The summed E-state index contributed by atoms with van der Waals surface area (Å²) in [5.41, 5.74) is 0. The lowest BCUT2D eigenvalue weighted by atomic mass is 10.0. The topological polar surface area (TPSA) is 47.6 Å². The number of nitrogens with zero attached hydrogens (tertiary/aromatic N) is 2. The highest BCUT2D eigenvalue weighted by Gasteiger charge is 2.56. The summed E-state index contributed by atoms with van der Waals surface area (Å²) in [6.07, 6.45) is 6.90. The van der Waals surface area contributed by atoms with Crippen LogP contribution in [0.1, 0.15) is 38.5 Å². The first-order valence-corrected chi connectivity index (χ1v) is 6.60. The Kier molecular flexibility index (Phi) is 2.40. The van der Waals surface area contributed by atoms with E-state index in [1.165, 1.54) is 25.7 Å². The predicted molar refractivity (Wildman–Crippen MR) is 59.9 cm³/mol. The van der Waals surface area contributed by atoms with Crippen molar-refractivity contribution in [1.29, 1.82) is 10.5 Å². The average Bonchev–Trinajstić information content (AvgIpc) is 3.07. The van der Waals surface area contributed by atoms with Crippen LogP contribution in [0.25, 0.3) is 0 Å². The number of fused-ring (bicyclic) bond motifs is 2. The first kappa shape index (κ1) is 10.2. The Bertz CT molecular complexity index is 306. The summed E-state index contributed by atoms with van der Waals surface area (Å²) in [4.78, 5) is 0. The quantitative estimate of drug-likeness (QED) is 0.709. The third-order valence-electron chi connectivity index (χ3n) is 5.34. The van der Waals surface area contributed by atoms with Gasteiger partial charge >= 0.3 is 0 Å². The Hall–Kier alpha value is -1.02. The zero-order chi connectivity index (χ0) is 11.1. The Balaban J connectivity index is 1.56. The fraction of sp³-hybridized carbons (Fsp3) is 0.857. The van der Waals surface area contributed by atoms with E-state index in [-0.39, 0.29) is 0 Å². The largest absolute Gasteiger partial charge is 0.198 e. The minimum Gasteiger partial charge on any atom is -0.198 e. The van der Waals surface area contributed by atoms with Gasteiger partial charge in [-0.3, -0.25) is 0 Å². The van der Waals surface area contributed by atoms with Crippen molar-refractivity contribution in [1.82, 2.24) is 0 Å². The maximum absolute atomic E-state index is 8.75. The highest BCUT2D eigenvalue weighted by atomic mass is 14.6. The standard InChI is InChI=1S/C14H18N2/c15-7-5-13-9-1-2-10-12(4-3-11(9)13)14(10)6-8-16/h9-14H,1-6H2/t9-,10+,11+,12-,13?,14?. The minimum atomic E-state index is 0.733. The Morgan fingerprint density at radius 3 is 1.25 bits per heavy atom. The van der Waals surface area contributed by atoms with Crippen LogP contribution in [0, 0.1) is 58.2 Å². The molecule has 2 heteroatoms. The van der Waals surface area contributed by atoms with Crippen LogP contribution in [-0.2, 0) is 0 Å². The lowest BCUT2D eigenvalue weighted by molar-refractivity contribution is 0.468. The molecule has 0 N–H and O–H groups in total. The molecule has 16 heavy (non-hydrogen) atoms. The highest BCUT2D eigenvalue weighted by Crippen LogP contribution is 2.63. The smallest absolute Gasteiger partial charge is 0.0624 e. The van der Waals surface area contributed by atoms with E-state index in [4.69, 9.17) is 10.5 Å². The van der Waals surface area contributed by atoms with Crippen LogP contribution >= 0.6 is 0 Å². The first-order chi connectivity index (χ1) is 7.86. The van der Waals surface area contributed by atoms with Crippen molar-refractivity contribution in [3.8, 4) is 12.1 Å². The number of nitriles is 2. The van der Waals surface area contributed by atoms with Crippen molar-refractivity contribution in [2.24, 2.45) is 35.5 Å². The Labute approximate surface area is 97.3 Å². The molecule has 0 amide bonds. The van der Waals surface area contributed by atoms with Crippen molar-refractivity contribution >= 4 is 0 Å². The number of hydrogen-bond donors (Lipinski definition) is 0. The van der Waals surface area contributed by atoms with Crippen molar-refractivity contribution in [3.63, 3.8) is 0 Å². The van der Waals surface area contributed by atoms with Crippen LogP contribution < -0.4 is 0 Å². The highest BCUT2D eigenvalue weighted by molar-refractivity contribution is 5.07. The van der Waals surface area contributed by atoms with Gasteiger partial charge in [-0.15, -0.1) is 0 Å². The van der Waals surface area contributed by atoms with Gasteiger partial charge in [0.25, 0.3) is 0 Å². The molecule has 0 aromatic carbocycles. The van der Waals surface area contributed by atoms with Crippen LogP contribution in [0.4, 0.5) is 0 Å². The molecular weight excluding hydrogens is 196 g/mol. The molecule has 3 fully saturated rings. The molecule has 84 valence electrons. The molecule has 3 saturated carbocycles. The van der Waals surface area contributed by atoms with E-state index in [0.29, 0.717) is 0 Å². The van der Waals surface area contributed by atoms with Crippen LogP contribution in [0.2, 0.25) is 0 Å². The fourth-order valence-electron chi connectivity index (χ4n) is 4.35. The van der Waals surface area contributed by atoms with Gasteiger partial charge in [-0.25, -0.2) is 0 Å². The van der Waals surface area contributed by atoms with Crippen LogP contribution in [-0.4, -0.2) is 0 Å². The summed E-state index contributed by atoms with van der Waals surface area (Å²) in [5, 5.41) is 17.5. The maximum Gasteiger partial charge on any atom is 0.0624 e. The second kappa shape index (κ2) is 3.77. The van der Waals surface area contributed by atoms with Crippen molar-refractivity contribution in [2.45, 2.75) is 38.5 Å². The summed E-state index contributed by atoms with van der Waals surface area (Å²) in [7, 11) is 0. The fourth-order valence-corrected chi connectivity index (χ4v) is 4.35. The van der Waals surface area contributed by atoms with E-state index < -0.39 is 0 Å². The lowest BCUT2D eigenvalue weighted by Gasteiger charge is -2.04. The van der Waals surface area contributed by atoms with E-state index in [2.05, 4.69) is 12.1 Å². The molecule has 0 spiro atoms. The second-order valence-corrected chi connectivity index (χ2v) is 5.86. The van der Waals surface area contributed by atoms with Gasteiger partial charge in [-0.05, 0) is 61.2 Å². The lowest BCUT2D eigenvalue weighted by Crippen LogP contribution is -1.93. The molecule has 0 saturated heterocycles. The zero-order valence-electron chi connectivity index (χ0n) is 9.60. The molecule has 0 bridgehead atoms. The van der Waals surface area contributed by atoms with E-state index >= 15 is 0 Å². The van der Waals surface area contributed by atoms with Gasteiger partial charge in [-0.2, -0.15) is 10.5 Å². The minimum absolute atomic E-state index is 0.733. The van der Waals surface area contributed by atoms with Gasteiger partial charge in [0.1, 0.15) is 0 Å². The third-order valence-corrected chi connectivity index (χ3v) is 5.34. The van der Waals surface area contributed by atoms with Gasteiger partial charge in [0, 0.05) is 12.8 Å². The van der Waals surface area contributed by atoms with E-state index in [9.17, 15) is 0 Å². The van der Waals surface area contributed by atoms with Gasteiger partial charge in [0.15, 0.2) is 0 Å². The van der Waals surface area contributed by atoms with Gasteiger partial charge in [0.2, 0.25) is 0 Å². The third kappa shape index (κ3) is 1.52. The SMILES string of the molecule is N#CCC1[C@H]2CC[C@H]3C(CC#N)[C@H]3CC[C@@H]12. The Morgan fingerprint density at radius 1 is 0.688 bits per heavy atom. The van der Waals surface area contributed by atoms with Crippen LogP contribution in [0.15, 0.2) is 0 Å². The molecule has 6 atom stereocenters. The Morgan fingerprint density at radius 2 is 1.00 bits per heavy atom. The molecule has 0 aromatic rings. The maximum atomic E-state index is 8.75. The molecule has 0 heterocycles. The van der Waals surface area contributed by atoms with Crippen molar-refractivity contribution in [3.05, 3.63) is 0 Å². The summed E-state index contributed by atoms with van der Waals surface area (Å²) < 4.78 is 0. The molecule has 3 aliphatic carbocycles. The monoisotopic (exact) mass is 214 g/mol. The van der Waals surface area contributed by atoms with Crippen LogP contribution in [0.5, 0.6) is 0 Å². The average molecular weight is 214 g/mol. The molecule has 3 rings (SSSR count). The first-order valence-electron chi connectivity index (χ1n) is 6.60. The molecule has 2 nitrogen and oxygen atoms in total. The van der Waals surface area contributed by atoms with Crippen LogP contribution in [0.3, 0.4) is 0 Å². The van der Waals surface area contributed by atoms with Crippen molar-refractivity contribution in [2.75, 3.05) is 0 Å². The number of hydrogen-bond acceptors (Lipinski definition) is 2.